The van der Waals surface area contributed by atoms with Gasteiger partial charge in [-0.2, -0.15) is 0 Å². The van der Waals surface area contributed by atoms with Crippen LogP contribution < -0.4 is 32.5 Å². The topological polar surface area (TPSA) is 0 Å². The van der Waals surface area contributed by atoms with E-state index in [0.717, 1.165) is 0 Å². The summed E-state index contributed by atoms with van der Waals surface area (Å²) >= 11 is 0. The van der Waals surface area contributed by atoms with Gasteiger partial charge in [-0.1, -0.05) is 175 Å². The van der Waals surface area contributed by atoms with Gasteiger partial charge in [0.1, 0.15) is 10.6 Å². The van der Waals surface area contributed by atoms with Crippen molar-refractivity contribution < 1.29 is 0 Å². The molecule has 0 nitrogen and oxygen atoms in total. The van der Waals surface area contributed by atoms with Gasteiger partial charge in [0.15, 0.2) is 0 Å². The van der Waals surface area contributed by atoms with E-state index in [9.17, 15) is 0 Å². The lowest BCUT2D eigenvalue weighted by Crippen LogP contribution is -2.68. The van der Waals surface area contributed by atoms with Gasteiger partial charge in [-0.3, -0.25) is 5.72 Å². The first kappa shape index (κ1) is 33.7. The Morgan fingerprint density at radius 3 is 1.15 bits per heavy atom. The Balaban J connectivity index is 1.53. The maximum atomic E-state index is 2.53. The van der Waals surface area contributed by atoms with Crippen molar-refractivity contribution in [1.29, 1.82) is 0 Å². The van der Waals surface area contributed by atoms with Gasteiger partial charge < -0.3 is 0 Å². The van der Waals surface area contributed by atoms with Gasteiger partial charge in [0.05, 0.1) is 6.15 Å². The van der Waals surface area contributed by atoms with Crippen molar-refractivity contribution in [2.45, 2.75) is 83.6 Å². The minimum absolute atomic E-state index is 0.488. The van der Waals surface area contributed by atoms with Crippen molar-refractivity contribution in [2.24, 2.45) is 0 Å². The second-order valence-electron chi connectivity index (χ2n) is 17.2. The predicted octanol–water partition coefficient (Wildman–Crippen LogP) is 8.80. The fourth-order valence-corrected chi connectivity index (χ4v) is 22.4. The lowest BCUT2D eigenvalue weighted by atomic mass is 9.04. The summed E-state index contributed by atoms with van der Waals surface area (Å²) in [6, 6.07) is 58.0. The van der Waals surface area contributed by atoms with Crippen LogP contribution in [0.5, 0.6) is 0 Å². The quantitative estimate of drug-likeness (QED) is 0.121. The first-order chi connectivity index (χ1) is 25.3. The zero-order chi connectivity index (χ0) is 35.8. The number of aryl methyl sites for hydroxylation is 6. The van der Waals surface area contributed by atoms with Gasteiger partial charge in [-0.05, 0) is 70.2 Å². The van der Waals surface area contributed by atoms with E-state index in [2.05, 4.69) is 187 Å². The summed E-state index contributed by atoms with van der Waals surface area (Å²) in [6.07, 6.45) is 1.51. The molecule has 0 bridgehead atoms. The standard InChI is InChI=1S/C49H52B2P/c1-34-30-36(3)46(37(4)31-34)52(47-38(5)32-35(2)33-39(47)6)45-29-19-28-44(45)50(40-20-11-7-12-21-40,41-22-13-8-14-23-41)48-49(52)51(48,42-24-15-9-16-25-42)43-26-17-10-18-27-43/h7-18,20-27,30-33,44-45,48-49H,19,28-29H2,1-6H3/q-1. The highest BCUT2D eigenvalue weighted by atomic mass is 31.2. The molecule has 2 heterocycles. The summed E-state index contributed by atoms with van der Waals surface area (Å²) < 4.78 is 0. The summed E-state index contributed by atoms with van der Waals surface area (Å²) in [7, 11) is -2.14. The molecule has 52 heavy (non-hydrogen) atoms. The summed E-state index contributed by atoms with van der Waals surface area (Å²) in [5.41, 5.74) is 16.8. The maximum Gasteiger partial charge on any atom is 0.102 e. The highest BCUT2D eigenvalue weighted by Gasteiger charge is 2.80. The van der Waals surface area contributed by atoms with Crippen LogP contribution in [-0.4, -0.2) is 23.5 Å². The Kier molecular flexibility index (Phi) is 8.10. The first-order valence-electron chi connectivity index (χ1n) is 19.9. The molecule has 0 amide bonds. The van der Waals surface area contributed by atoms with Crippen LogP contribution in [0, 0.1) is 41.5 Å². The van der Waals surface area contributed by atoms with Gasteiger partial charge >= 0.3 is 0 Å². The molecule has 2 aliphatic heterocycles. The maximum absolute atomic E-state index is 2.53. The molecule has 6 aromatic carbocycles. The second kappa shape index (κ2) is 12.5. The van der Waals surface area contributed by atoms with Gasteiger partial charge in [0.25, 0.3) is 0 Å². The number of fused-ring (bicyclic) bond motifs is 2. The number of rotatable bonds is 6. The molecule has 1 saturated carbocycles. The van der Waals surface area contributed by atoms with Crippen molar-refractivity contribution in [2.75, 3.05) is 0 Å². The Morgan fingerprint density at radius 2 is 0.788 bits per heavy atom. The van der Waals surface area contributed by atoms with Crippen molar-refractivity contribution in [1.82, 2.24) is 0 Å². The van der Waals surface area contributed by atoms with E-state index < -0.39 is 19.6 Å². The molecule has 4 unspecified atom stereocenters. The van der Waals surface area contributed by atoms with E-state index in [1.54, 1.807) is 32.5 Å². The molecule has 9 rings (SSSR count). The Morgan fingerprint density at radius 1 is 0.442 bits per heavy atom. The van der Waals surface area contributed by atoms with Gasteiger partial charge in [-0.15, -0.1) is 5.82 Å². The number of hydrogen-bond donors (Lipinski definition) is 0. The molecule has 4 atom stereocenters. The fourth-order valence-electron chi connectivity index (χ4n) is 14.0. The van der Waals surface area contributed by atoms with Gasteiger partial charge in [-0.25, -0.2) is 21.9 Å². The Bertz CT molecular complexity index is 2080. The van der Waals surface area contributed by atoms with E-state index in [1.807, 2.05) is 0 Å². The first-order valence-corrected chi connectivity index (χ1v) is 21.8. The van der Waals surface area contributed by atoms with Gasteiger partial charge in [0.2, 0.25) is 0 Å². The molecule has 6 aromatic rings. The summed E-state index contributed by atoms with van der Waals surface area (Å²) in [6.45, 7) is 14.5. The average molecular weight is 694 g/mol. The van der Waals surface area contributed by atoms with E-state index in [-0.39, 0.29) is 0 Å². The molecule has 1 aliphatic carbocycles. The van der Waals surface area contributed by atoms with E-state index in [0.29, 0.717) is 22.8 Å². The monoisotopic (exact) mass is 693 g/mol. The molecule has 3 heteroatoms. The summed E-state index contributed by atoms with van der Waals surface area (Å²) in [4.78, 5) is 0. The molecule has 260 valence electrons. The Hall–Kier alpha value is -4.12. The van der Waals surface area contributed by atoms with E-state index in [1.165, 1.54) is 52.6 Å². The highest BCUT2D eigenvalue weighted by Crippen LogP contribution is 2.88. The zero-order valence-corrected chi connectivity index (χ0v) is 32.8. The summed E-state index contributed by atoms with van der Waals surface area (Å²) in [5, 5.41) is 3.47. The largest absolute Gasteiger partial charge is 0.274 e. The molecular formula is C49H52B2P-. The van der Waals surface area contributed by atoms with Crippen molar-refractivity contribution in [3.05, 3.63) is 179 Å². The lowest BCUT2D eigenvalue weighted by molar-refractivity contribution is 0.827. The van der Waals surface area contributed by atoms with Crippen LogP contribution >= 0.6 is 7.26 Å². The zero-order valence-electron chi connectivity index (χ0n) is 31.9. The van der Waals surface area contributed by atoms with Crippen molar-refractivity contribution >= 4 is 52.0 Å². The van der Waals surface area contributed by atoms with E-state index >= 15 is 0 Å². The third-order valence-corrected chi connectivity index (χ3v) is 21.0. The molecule has 2 saturated heterocycles. The molecule has 3 aliphatic rings. The van der Waals surface area contributed by atoms with Crippen LogP contribution in [0.2, 0.25) is 11.5 Å². The van der Waals surface area contributed by atoms with Crippen LogP contribution in [0.15, 0.2) is 146 Å². The normalized spacial score (nSPS) is 23.4. The van der Waals surface area contributed by atoms with Crippen LogP contribution in [0.4, 0.5) is 0 Å². The summed E-state index contributed by atoms with van der Waals surface area (Å²) in [5.74, 6) is 0.579. The smallest absolute Gasteiger partial charge is 0.102 e. The number of hydrogen-bond acceptors (Lipinski definition) is 0. The number of benzene rings is 6. The Labute approximate surface area is 313 Å². The molecule has 0 spiro atoms. The van der Waals surface area contributed by atoms with Crippen molar-refractivity contribution in [3.63, 3.8) is 0 Å². The van der Waals surface area contributed by atoms with Crippen LogP contribution in [0.25, 0.3) is 0 Å². The van der Waals surface area contributed by atoms with Crippen LogP contribution in [0.1, 0.15) is 52.6 Å². The van der Waals surface area contributed by atoms with Crippen LogP contribution in [0.3, 0.4) is 0 Å². The third kappa shape index (κ3) is 4.46. The van der Waals surface area contributed by atoms with Crippen molar-refractivity contribution in [3.8, 4) is 0 Å². The molecular weight excluding hydrogens is 641 g/mol. The minimum Gasteiger partial charge on any atom is -0.274 e. The SMILES string of the molecule is Cc1cc(C)c([P+]2(c3c(C)cc(C)cc3C)C3CCCC3[B-](c3ccccc3)(c3ccccc3)C3C2[B-]3(c2ccccc2)c2ccccc2)c(C)c1. The van der Waals surface area contributed by atoms with E-state index in [4.69, 9.17) is 0 Å². The molecule has 0 aromatic heterocycles. The fraction of sp³-hybridized carbons (Fsp3) is 0.265. The van der Waals surface area contributed by atoms with Crippen LogP contribution in [-0.2, 0) is 0 Å². The van der Waals surface area contributed by atoms with Gasteiger partial charge in [0, 0.05) is 19.1 Å². The minimum atomic E-state index is -2.14. The second-order valence-corrected chi connectivity index (χ2v) is 20.9. The molecule has 0 N–H and O–H groups in total. The molecule has 3 fully saturated rings. The predicted molar refractivity (Wildman–Crippen MR) is 232 cm³/mol. The lowest BCUT2D eigenvalue weighted by Gasteiger charge is -2.60. The molecule has 0 radical (unpaired) electrons. The third-order valence-electron chi connectivity index (χ3n) is 14.6. The highest BCUT2D eigenvalue weighted by molar-refractivity contribution is 7.95. The average Bonchev–Trinajstić information content (AvgIpc) is 3.61.